The van der Waals surface area contributed by atoms with Crippen LogP contribution >= 0.6 is 0 Å². The maximum Gasteiger partial charge on any atom is 0.124 e. The van der Waals surface area contributed by atoms with E-state index in [4.69, 9.17) is 15.2 Å². The molecule has 0 N–H and O–H groups in total. The molecule has 2 atom stereocenters. The molecule has 0 saturated carbocycles. The van der Waals surface area contributed by atoms with Crippen LogP contribution in [0.15, 0.2) is 42.6 Å². The van der Waals surface area contributed by atoms with E-state index in [1.165, 1.54) is 36.0 Å². The number of piperidine rings is 1. The van der Waals surface area contributed by atoms with Gasteiger partial charge in [-0.25, -0.2) is 4.98 Å². The van der Waals surface area contributed by atoms with E-state index in [1.54, 1.807) is 0 Å². The van der Waals surface area contributed by atoms with Gasteiger partial charge < -0.3 is 4.57 Å². The van der Waals surface area contributed by atoms with E-state index >= 15 is 0 Å². The minimum atomic E-state index is 0.413. The van der Waals surface area contributed by atoms with Gasteiger partial charge in [0.1, 0.15) is 5.82 Å². The number of likely N-dealkylation sites (tertiary alicyclic amines) is 1. The summed E-state index contributed by atoms with van der Waals surface area (Å²) in [5.41, 5.74) is 5.00. The van der Waals surface area contributed by atoms with Crippen molar-refractivity contribution in [2.24, 2.45) is 5.92 Å². The van der Waals surface area contributed by atoms with Crippen molar-refractivity contribution in [3.8, 4) is 6.07 Å². The number of rotatable bonds is 6. The van der Waals surface area contributed by atoms with Crippen LogP contribution < -0.4 is 0 Å². The zero-order valence-corrected chi connectivity index (χ0v) is 17.5. The van der Waals surface area contributed by atoms with Crippen LogP contribution in [0, 0.1) is 17.2 Å². The molecule has 1 aromatic carbocycles. The van der Waals surface area contributed by atoms with Crippen molar-refractivity contribution >= 4 is 11.0 Å². The van der Waals surface area contributed by atoms with Crippen LogP contribution in [0.2, 0.25) is 0 Å². The third kappa shape index (κ3) is 3.61. The van der Waals surface area contributed by atoms with Gasteiger partial charge in [-0.3, -0.25) is 9.88 Å². The Balaban J connectivity index is 1.45. The standard InChI is InChI=1S/C25H29N5/c26-14-4-1-5-17-30-22-11-3-2-10-21(22)28-23(30)18-29-16-7-9-20-13-12-19-8-6-15-27-24(19)25(20)29/h2-3,6,8,10-11,15,20,25H,1,4-5,7,9,12-13,16-18H2. The lowest BCUT2D eigenvalue weighted by Crippen LogP contribution is -2.41. The first kappa shape index (κ1) is 19.3. The fourth-order valence-corrected chi connectivity index (χ4v) is 5.45. The molecule has 30 heavy (non-hydrogen) atoms. The summed E-state index contributed by atoms with van der Waals surface area (Å²) in [6.07, 6.45) is 9.53. The number of nitrogens with zero attached hydrogens (tertiary/aromatic N) is 5. The first-order valence-electron chi connectivity index (χ1n) is 11.3. The summed E-state index contributed by atoms with van der Waals surface area (Å²) in [4.78, 5) is 12.5. The molecule has 1 saturated heterocycles. The normalized spacial score (nSPS) is 21.2. The van der Waals surface area contributed by atoms with Crippen molar-refractivity contribution in [3.63, 3.8) is 0 Å². The number of benzene rings is 1. The van der Waals surface area contributed by atoms with Gasteiger partial charge in [0.25, 0.3) is 0 Å². The van der Waals surface area contributed by atoms with Crippen LogP contribution in [0.1, 0.15) is 61.6 Å². The minimum absolute atomic E-state index is 0.413. The van der Waals surface area contributed by atoms with Crippen LogP contribution in [0.25, 0.3) is 11.0 Å². The highest BCUT2D eigenvalue weighted by Crippen LogP contribution is 2.43. The third-order valence-electron chi connectivity index (χ3n) is 6.85. The Morgan fingerprint density at radius 1 is 1.10 bits per heavy atom. The highest BCUT2D eigenvalue weighted by atomic mass is 15.2. The number of hydrogen-bond acceptors (Lipinski definition) is 4. The lowest BCUT2D eigenvalue weighted by atomic mass is 9.77. The van der Waals surface area contributed by atoms with Gasteiger partial charge in [-0.1, -0.05) is 18.2 Å². The molecule has 154 valence electrons. The molecule has 0 amide bonds. The molecule has 2 aliphatic rings. The third-order valence-corrected chi connectivity index (χ3v) is 6.85. The predicted octanol–water partition coefficient (Wildman–Crippen LogP) is 5.02. The van der Waals surface area contributed by atoms with E-state index in [0.29, 0.717) is 18.4 Å². The van der Waals surface area contributed by atoms with Crippen LogP contribution in [0.3, 0.4) is 0 Å². The van der Waals surface area contributed by atoms with Gasteiger partial charge in [0.2, 0.25) is 0 Å². The summed E-state index contributed by atoms with van der Waals surface area (Å²) in [6.45, 7) is 2.90. The van der Waals surface area contributed by atoms with Gasteiger partial charge in [-0.2, -0.15) is 5.26 Å². The largest absolute Gasteiger partial charge is 0.327 e. The number of pyridine rings is 1. The maximum atomic E-state index is 8.87. The van der Waals surface area contributed by atoms with E-state index in [0.717, 1.165) is 50.2 Å². The van der Waals surface area contributed by atoms with E-state index in [-0.39, 0.29) is 0 Å². The van der Waals surface area contributed by atoms with Crippen LogP contribution in [-0.2, 0) is 19.5 Å². The summed E-state index contributed by atoms with van der Waals surface area (Å²) in [6, 6.07) is 15.5. The molecule has 2 unspecified atom stereocenters. The quantitative estimate of drug-likeness (QED) is 0.546. The summed E-state index contributed by atoms with van der Waals surface area (Å²) in [5, 5.41) is 8.87. The summed E-state index contributed by atoms with van der Waals surface area (Å²) in [5.74, 6) is 1.85. The maximum absolute atomic E-state index is 8.87. The van der Waals surface area contributed by atoms with Crippen molar-refractivity contribution < 1.29 is 0 Å². The van der Waals surface area contributed by atoms with E-state index in [2.05, 4.69) is 51.9 Å². The molecule has 1 aliphatic heterocycles. The van der Waals surface area contributed by atoms with Crippen LogP contribution in [-0.4, -0.2) is 26.0 Å². The first-order valence-corrected chi connectivity index (χ1v) is 11.3. The smallest absolute Gasteiger partial charge is 0.124 e. The Morgan fingerprint density at radius 3 is 2.97 bits per heavy atom. The van der Waals surface area contributed by atoms with Crippen molar-refractivity contribution in [1.82, 2.24) is 19.4 Å². The van der Waals surface area contributed by atoms with Gasteiger partial charge in [0.15, 0.2) is 0 Å². The summed E-state index contributed by atoms with van der Waals surface area (Å²) >= 11 is 0. The lowest BCUT2D eigenvalue weighted by molar-refractivity contribution is 0.0664. The first-order chi connectivity index (χ1) is 14.8. The van der Waals surface area contributed by atoms with Gasteiger partial charge in [-0.05, 0) is 74.8 Å². The average molecular weight is 400 g/mol. The number of para-hydroxylation sites is 2. The van der Waals surface area contributed by atoms with E-state index in [1.807, 2.05) is 6.20 Å². The lowest BCUT2D eigenvalue weighted by Gasteiger charge is -2.44. The highest BCUT2D eigenvalue weighted by molar-refractivity contribution is 5.75. The fourth-order valence-electron chi connectivity index (χ4n) is 5.45. The molecule has 2 aromatic heterocycles. The molecule has 1 aliphatic carbocycles. The Kier molecular flexibility index (Phi) is 5.50. The Bertz CT molecular complexity index is 1060. The van der Waals surface area contributed by atoms with Gasteiger partial charge in [0, 0.05) is 19.2 Å². The molecular formula is C25H29N5. The Morgan fingerprint density at radius 2 is 2.03 bits per heavy atom. The topological polar surface area (TPSA) is 57.7 Å². The fraction of sp³-hybridized carbons (Fsp3) is 0.480. The molecular weight excluding hydrogens is 370 g/mol. The van der Waals surface area contributed by atoms with Crippen molar-refractivity contribution in [2.75, 3.05) is 6.54 Å². The second-order valence-electron chi connectivity index (χ2n) is 8.69. The second-order valence-corrected chi connectivity index (χ2v) is 8.69. The molecule has 3 aromatic rings. The number of imidazole rings is 1. The zero-order chi connectivity index (χ0) is 20.3. The summed E-state index contributed by atoms with van der Waals surface area (Å²) in [7, 11) is 0. The Labute approximate surface area is 178 Å². The SMILES string of the molecule is N#CCCCCn1c(CN2CCCC3CCc4cccnc4C32)nc2ccccc21. The molecule has 0 bridgehead atoms. The molecule has 3 heterocycles. The van der Waals surface area contributed by atoms with Crippen molar-refractivity contribution in [3.05, 3.63) is 59.7 Å². The molecule has 5 heteroatoms. The minimum Gasteiger partial charge on any atom is -0.327 e. The number of aromatic nitrogens is 3. The Hall–Kier alpha value is -2.71. The van der Waals surface area contributed by atoms with Gasteiger partial charge in [0.05, 0.1) is 35.4 Å². The summed E-state index contributed by atoms with van der Waals surface area (Å²) < 4.78 is 2.39. The number of unbranched alkanes of at least 4 members (excludes halogenated alkanes) is 2. The average Bonchev–Trinajstić information content (AvgIpc) is 3.13. The van der Waals surface area contributed by atoms with Crippen LogP contribution in [0.4, 0.5) is 0 Å². The number of aryl methyl sites for hydroxylation is 2. The van der Waals surface area contributed by atoms with Crippen LogP contribution in [0.5, 0.6) is 0 Å². The van der Waals surface area contributed by atoms with Gasteiger partial charge in [-0.15, -0.1) is 0 Å². The molecule has 5 rings (SSSR count). The van der Waals surface area contributed by atoms with Crippen molar-refractivity contribution in [1.29, 1.82) is 5.26 Å². The van der Waals surface area contributed by atoms with E-state index < -0.39 is 0 Å². The number of nitriles is 1. The number of hydrogen-bond donors (Lipinski definition) is 0. The second kappa shape index (κ2) is 8.57. The molecule has 0 radical (unpaired) electrons. The number of fused-ring (bicyclic) bond motifs is 4. The highest BCUT2D eigenvalue weighted by Gasteiger charge is 2.38. The molecule has 5 nitrogen and oxygen atoms in total. The molecule has 0 spiro atoms. The monoisotopic (exact) mass is 399 g/mol. The van der Waals surface area contributed by atoms with Gasteiger partial charge >= 0.3 is 0 Å². The van der Waals surface area contributed by atoms with Crippen molar-refractivity contribution in [2.45, 2.75) is 64.1 Å². The predicted molar refractivity (Wildman–Crippen MR) is 118 cm³/mol. The molecule has 1 fully saturated rings. The zero-order valence-electron chi connectivity index (χ0n) is 17.5. The van der Waals surface area contributed by atoms with E-state index in [9.17, 15) is 0 Å².